The average Bonchev–Trinajstić information content (AvgIpc) is 2.57. The molecule has 0 spiro atoms. The van der Waals surface area contributed by atoms with Gasteiger partial charge in [-0.15, -0.1) is 0 Å². The van der Waals surface area contributed by atoms with Gasteiger partial charge in [0.1, 0.15) is 17.3 Å². The van der Waals surface area contributed by atoms with E-state index < -0.39 is 0 Å². The third kappa shape index (κ3) is 5.31. The fraction of sp³-hybridized carbons (Fsp3) is 0.389. The Balaban J connectivity index is 2.28. The van der Waals surface area contributed by atoms with Crippen LogP contribution in [-0.2, 0) is 0 Å². The van der Waals surface area contributed by atoms with Crippen LogP contribution in [0.25, 0.3) is 0 Å². The maximum absolute atomic E-state index is 12.6. The maximum Gasteiger partial charge on any atom is 0.274 e. The molecule has 1 N–H and O–H groups in total. The van der Waals surface area contributed by atoms with Crippen molar-refractivity contribution in [1.82, 2.24) is 9.97 Å². The van der Waals surface area contributed by atoms with Crippen molar-refractivity contribution in [3.05, 3.63) is 45.8 Å². The van der Waals surface area contributed by atoms with E-state index in [4.69, 9.17) is 23.2 Å². The molecule has 1 aromatic carbocycles. The number of carbonyl (C=O) groups is 1. The summed E-state index contributed by atoms with van der Waals surface area (Å²) in [7, 11) is 0. The molecule has 0 fully saturated rings. The van der Waals surface area contributed by atoms with Gasteiger partial charge in [0.25, 0.3) is 5.91 Å². The summed E-state index contributed by atoms with van der Waals surface area (Å²) < 4.78 is 0. The number of anilines is 2. The number of nitrogens with one attached hydrogen (secondary N) is 1. The SMILES string of the molecule is CCCN(CCC)c1cc(C(=O)Nc2cc(Cl)ccc2Cl)nc(C)n1. The molecule has 0 bridgehead atoms. The van der Waals surface area contributed by atoms with E-state index in [9.17, 15) is 4.79 Å². The van der Waals surface area contributed by atoms with Crippen LogP contribution in [0.5, 0.6) is 0 Å². The standard InChI is InChI=1S/C18H22Cl2N4O/c1-4-8-24(9-5-2)17-11-16(21-12(3)22-17)18(25)23-15-10-13(19)6-7-14(15)20/h6-7,10-11H,4-5,8-9H2,1-3H3,(H,23,25). The highest BCUT2D eigenvalue weighted by Gasteiger charge is 2.15. The van der Waals surface area contributed by atoms with Crippen LogP contribution in [-0.4, -0.2) is 29.0 Å². The molecule has 0 aliphatic carbocycles. The first-order valence-corrected chi connectivity index (χ1v) is 9.07. The lowest BCUT2D eigenvalue weighted by Crippen LogP contribution is -2.27. The molecule has 1 heterocycles. The van der Waals surface area contributed by atoms with Crippen LogP contribution >= 0.6 is 23.2 Å². The summed E-state index contributed by atoms with van der Waals surface area (Å²) in [4.78, 5) is 23.5. The Bertz CT molecular complexity index is 746. The molecule has 1 aromatic heterocycles. The summed E-state index contributed by atoms with van der Waals surface area (Å²) in [6, 6.07) is 6.63. The number of nitrogens with zero attached hydrogens (tertiary/aromatic N) is 3. The Hall–Kier alpha value is -1.85. The minimum Gasteiger partial charge on any atom is -0.357 e. The van der Waals surface area contributed by atoms with Crippen LogP contribution in [0.15, 0.2) is 24.3 Å². The molecule has 2 rings (SSSR count). The highest BCUT2D eigenvalue weighted by Crippen LogP contribution is 2.26. The highest BCUT2D eigenvalue weighted by atomic mass is 35.5. The first-order chi connectivity index (χ1) is 11.9. The van der Waals surface area contributed by atoms with E-state index >= 15 is 0 Å². The average molecular weight is 381 g/mol. The molecule has 0 aliphatic rings. The van der Waals surface area contributed by atoms with Crippen molar-refractivity contribution in [2.45, 2.75) is 33.6 Å². The van der Waals surface area contributed by atoms with E-state index in [0.29, 0.717) is 27.3 Å². The topological polar surface area (TPSA) is 58.1 Å². The normalized spacial score (nSPS) is 10.6. The molecule has 0 unspecified atom stereocenters. The molecule has 25 heavy (non-hydrogen) atoms. The molecular formula is C18H22Cl2N4O. The number of aromatic nitrogens is 2. The van der Waals surface area contributed by atoms with Crippen LogP contribution in [0.1, 0.15) is 43.0 Å². The molecule has 0 saturated heterocycles. The van der Waals surface area contributed by atoms with Gasteiger partial charge in [-0.25, -0.2) is 9.97 Å². The Morgan fingerprint density at radius 3 is 2.44 bits per heavy atom. The lowest BCUT2D eigenvalue weighted by molar-refractivity contribution is 0.102. The van der Waals surface area contributed by atoms with Crippen LogP contribution in [0.2, 0.25) is 10.0 Å². The summed E-state index contributed by atoms with van der Waals surface area (Å²) in [5.74, 6) is 0.972. The number of amides is 1. The third-order valence-electron chi connectivity index (χ3n) is 3.54. The van der Waals surface area contributed by atoms with Gasteiger partial charge >= 0.3 is 0 Å². The van der Waals surface area contributed by atoms with Crippen molar-refractivity contribution in [3.8, 4) is 0 Å². The van der Waals surface area contributed by atoms with Crippen molar-refractivity contribution < 1.29 is 4.79 Å². The summed E-state index contributed by atoms with van der Waals surface area (Å²) in [6.45, 7) is 7.77. The second kappa shape index (κ2) is 9.02. The van der Waals surface area contributed by atoms with Gasteiger partial charge in [0, 0.05) is 24.2 Å². The summed E-state index contributed by atoms with van der Waals surface area (Å²) >= 11 is 12.1. The third-order valence-corrected chi connectivity index (χ3v) is 4.11. The van der Waals surface area contributed by atoms with Gasteiger partial charge in [0.15, 0.2) is 0 Å². The summed E-state index contributed by atoms with van der Waals surface area (Å²) in [5.41, 5.74) is 0.756. The van der Waals surface area contributed by atoms with E-state index in [1.807, 2.05) is 0 Å². The maximum atomic E-state index is 12.6. The lowest BCUT2D eigenvalue weighted by atomic mass is 10.2. The van der Waals surface area contributed by atoms with E-state index in [-0.39, 0.29) is 5.91 Å². The van der Waals surface area contributed by atoms with Gasteiger partial charge in [-0.3, -0.25) is 4.79 Å². The molecule has 0 saturated carbocycles. The first-order valence-electron chi connectivity index (χ1n) is 8.31. The fourth-order valence-corrected chi connectivity index (χ4v) is 2.83. The first kappa shape index (κ1) is 19.5. The van der Waals surface area contributed by atoms with Gasteiger partial charge in [0.05, 0.1) is 10.7 Å². The Kier molecular flexibility index (Phi) is 7.02. The van der Waals surface area contributed by atoms with Crippen molar-refractivity contribution in [2.75, 3.05) is 23.3 Å². The van der Waals surface area contributed by atoms with Gasteiger partial charge in [-0.1, -0.05) is 37.0 Å². The Labute approximate surface area is 158 Å². The van der Waals surface area contributed by atoms with Crippen LogP contribution in [0.3, 0.4) is 0 Å². The Morgan fingerprint density at radius 1 is 1.12 bits per heavy atom. The lowest BCUT2D eigenvalue weighted by Gasteiger charge is -2.23. The molecule has 134 valence electrons. The van der Waals surface area contributed by atoms with E-state index in [2.05, 4.69) is 34.0 Å². The molecule has 5 nitrogen and oxygen atoms in total. The zero-order valence-corrected chi connectivity index (χ0v) is 16.2. The van der Waals surface area contributed by atoms with E-state index in [0.717, 1.165) is 31.7 Å². The van der Waals surface area contributed by atoms with Crippen LogP contribution in [0.4, 0.5) is 11.5 Å². The minimum atomic E-state index is -0.344. The number of hydrogen-bond donors (Lipinski definition) is 1. The van der Waals surface area contributed by atoms with E-state index in [1.165, 1.54) is 0 Å². The molecule has 7 heteroatoms. The number of halogens is 2. The number of benzene rings is 1. The zero-order chi connectivity index (χ0) is 18.4. The van der Waals surface area contributed by atoms with Crippen molar-refractivity contribution >= 4 is 40.6 Å². The number of aryl methyl sites for hydroxylation is 1. The molecule has 1 amide bonds. The summed E-state index contributed by atoms with van der Waals surface area (Å²) in [6.07, 6.45) is 2.01. The second-order valence-electron chi connectivity index (χ2n) is 5.72. The molecule has 0 radical (unpaired) electrons. The monoisotopic (exact) mass is 380 g/mol. The smallest absolute Gasteiger partial charge is 0.274 e. The van der Waals surface area contributed by atoms with Crippen LogP contribution in [0, 0.1) is 6.92 Å². The largest absolute Gasteiger partial charge is 0.357 e. The highest BCUT2D eigenvalue weighted by molar-refractivity contribution is 6.35. The summed E-state index contributed by atoms with van der Waals surface area (Å²) in [5, 5.41) is 3.68. The minimum absolute atomic E-state index is 0.302. The second-order valence-corrected chi connectivity index (χ2v) is 6.57. The van der Waals surface area contributed by atoms with Crippen molar-refractivity contribution in [2.24, 2.45) is 0 Å². The molecule has 0 aliphatic heterocycles. The Morgan fingerprint density at radius 2 is 1.80 bits per heavy atom. The van der Waals surface area contributed by atoms with Gasteiger partial charge in [-0.2, -0.15) is 0 Å². The van der Waals surface area contributed by atoms with Crippen molar-refractivity contribution in [1.29, 1.82) is 0 Å². The predicted molar refractivity (Wildman–Crippen MR) is 104 cm³/mol. The molecular weight excluding hydrogens is 359 g/mol. The zero-order valence-electron chi connectivity index (χ0n) is 14.6. The fourth-order valence-electron chi connectivity index (χ4n) is 2.49. The van der Waals surface area contributed by atoms with Crippen LogP contribution < -0.4 is 10.2 Å². The number of carbonyl (C=O) groups excluding carboxylic acids is 1. The molecule has 2 aromatic rings. The van der Waals surface area contributed by atoms with E-state index in [1.54, 1.807) is 31.2 Å². The number of rotatable bonds is 7. The van der Waals surface area contributed by atoms with Gasteiger partial charge < -0.3 is 10.2 Å². The quantitative estimate of drug-likeness (QED) is 0.736. The number of hydrogen-bond acceptors (Lipinski definition) is 4. The van der Waals surface area contributed by atoms with Gasteiger partial charge in [0.2, 0.25) is 0 Å². The van der Waals surface area contributed by atoms with Crippen molar-refractivity contribution in [3.63, 3.8) is 0 Å². The van der Waals surface area contributed by atoms with Gasteiger partial charge in [-0.05, 0) is 38.0 Å². The molecule has 0 atom stereocenters. The predicted octanol–water partition coefficient (Wildman–Crippen LogP) is 4.97.